The Morgan fingerprint density at radius 3 is 2.28 bits per heavy atom. The van der Waals surface area contributed by atoms with Gasteiger partial charge in [0, 0.05) is 11.1 Å². The summed E-state index contributed by atoms with van der Waals surface area (Å²) in [4.78, 5) is 12.2. The van der Waals surface area contributed by atoms with Crippen LogP contribution in [0.1, 0.15) is 15.9 Å². The van der Waals surface area contributed by atoms with Crippen LogP contribution in [0.3, 0.4) is 0 Å². The summed E-state index contributed by atoms with van der Waals surface area (Å²) in [7, 11) is 1.50. The fourth-order valence-electron chi connectivity index (χ4n) is 1.74. The van der Waals surface area contributed by atoms with Crippen molar-refractivity contribution < 1.29 is 9.53 Å². The van der Waals surface area contributed by atoms with Crippen LogP contribution in [0.5, 0.6) is 5.75 Å². The summed E-state index contributed by atoms with van der Waals surface area (Å²) in [6, 6.07) is 12.2. The van der Waals surface area contributed by atoms with E-state index in [1.807, 2.05) is 6.07 Å². The van der Waals surface area contributed by atoms with Gasteiger partial charge in [-0.25, -0.2) is 0 Å². The molecule has 0 aromatic heterocycles. The molecule has 2 rings (SSSR count). The highest BCUT2D eigenvalue weighted by molar-refractivity contribution is 6.13. The van der Waals surface area contributed by atoms with Gasteiger partial charge in [0.1, 0.15) is 5.75 Å². The summed E-state index contributed by atoms with van der Waals surface area (Å²) in [6.45, 7) is 0. The summed E-state index contributed by atoms with van der Waals surface area (Å²) < 4.78 is 5.05. The standard InChI is InChI=1S/C14H14N2O2/c1-18-11-8-7-10(12(15)13(11)16)14(17)9-5-3-2-4-6-9/h2-8H,15-16H2,1H3. The first-order valence-corrected chi connectivity index (χ1v) is 5.47. The molecule has 0 unspecified atom stereocenters. The highest BCUT2D eigenvalue weighted by atomic mass is 16.5. The van der Waals surface area contributed by atoms with Gasteiger partial charge in [0.25, 0.3) is 0 Å². The molecule has 0 saturated heterocycles. The number of nitrogen functional groups attached to an aromatic ring is 2. The zero-order valence-electron chi connectivity index (χ0n) is 10.0. The zero-order valence-corrected chi connectivity index (χ0v) is 10.0. The van der Waals surface area contributed by atoms with Crippen LogP contribution < -0.4 is 16.2 Å². The second-order valence-electron chi connectivity index (χ2n) is 3.84. The Balaban J connectivity index is 2.47. The maximum atomic E-state index is 12.2. The van der Waals surface area contributed by atoms with Gasteiger partial charge in [0.15, 0.2) is 5.78 Å². The first-order valence-electron chi connectivity index (χ1n) is 5.47. The predicted octanol–water partition coefficient (Wildman–Crippen LogP) is 2.09. The molecule has 0 atom stereocenters. The molecular weight excluding hydrogens is 228 g/mol. The molecule has 0 saturated carbocycles. The van der Waals surface area contributed by atoms with Gasteiger partial charge >= 0.3 is 0 Å². The van der Waals surface area contributed by atoms with E-state index < -0.39 is 0 Å². The quantitative estimate of drug-likeness (QED) is 0.638. The largest absolute Gasteiger partial charge is 0.495 e. The Kier molecular flexibility index (Phi) is 3.19. The molecule has 0 spiro atoms. The Bertz CT molecular complexity index is 580. The van der Waals surface area contributed by atoms with Crippen LogP contribution in [0.4, 0.5) is 11.4 Å². The predicted molar refractivity (Wildman–Crippen MR) is 71.7 cm³/mol. The van der Waals surface area contributed by atoms with Gasteiger partial charge in [-0.1, -0.05) is 30.3 Å². The van der Waals surface area contributed by atoms with E-state index in [0.29, 0.717) is 22.6 Å². The van der Waals surface area contributed by atoms with Crippen molar-refractivity contribution in [1.29, 1.82) is 0 Å². The normalized spacial score (nSPS) is 10.1. The second-order valence-corrected chi connectivity index (χ2v) is 3.84. The number of hydrogen-bond donors (Lipinski definition) is 2. The van der Waals surface area contributed by atoms with E-state index in [-0.39, 0.29) is 11.5 Å². The second kappa shape index (κ2) is 4.79. The minimum absolute atomic E-state index is 0.151. The molecule has 0 radical (unpaired) electrons. The first-order chi connectivity index (χ1) is 8.65. The van der Waals surface area contributed by atoms with Crippen LogP contribution in [-0.4, -0.2) is 12.9 Å². The summed E-state index contributed by atoms with van der Waals surface area (Å²) in [5.41, 5.74) is 13.2. The van der Waals surface area contributed by atoms with Gasteiger partial charge in [-0.15, -0.1) is 0 Å². The molecule has 2 aromatic carbocycles. The molecular formula is C14H14N2O2. The molecule has 0 bridgehead atoms. The van der Waals surface area contributed by atoms with Crippen molar-refractivity contribution in [2.24, 2.45) is 0 Å². The molecule has 0 heterocycles. The smallest absolute Gasteiger partial charge is 0.195 e. The number of nitrogens with two attached hydrogens (primary N) is 2. The minimum atomic E-state index is -0.151. The van der Waals surface area contributed by atoms with Crippen LogP contribution >= 0.6 is 0 Å². The number of ketones is 1. The Morgan fingerprint density at radius 1 is 1.00 bits per heavy atom. The maximum Gasteiger partial charge on any atom is 0.195 e. The zero-order chi connectivity index (χ0) is 13.1. The molecule has 0 aliphatic carbocycles. The Hall–Kier alpha value is -2.49. The Morgan fingerprint density at radius 2 is 1.67 bits per heavy atom. The average Bonchev–Trinajstić information content (AvgIpc) is 2.42. The molecule has 4 N–H and O–H groups in total. The lowest BCUT2D eigenvalue weighted by Gasteiger charge is -2.11. The van der Waals surface area contributed by atoms with Gasteiger partial charge in [-0.05, 0) is 12.1 Å². The third-order valence-corrected chi connectivity index (χ3v) is 2.75. The lowest BCUT2D eigenvalue weighted by molar-refractivity contribution is 0.103. The number of benzene rings is 2. The highest BCUT2D eigenvalue weighted by Crippen LogP contribution is 2.31. The number of carbonyl (C=O) groups excluding carboxylic acids is 1. The van der Waals surface area contributed by atoms with E-state index >= 15 is 0 Å². The van der Waals surface area contributed by atoms with Crippen molar-refractivity contribution in [2.45, 2.75) is 0 Å². The van der Waals surface area contributed by atoms with Crippen LogP contribution in [0.15, 0.2) is 42.5 Å². The molecule has 18 heavy (non-hydrogen) atoms. The summed E-state index contributed by atoms with van der Waals surface area (Å²) in [5, 5.41) is 0. The van der Waals surface area contributed by atoms with Crippen LogP contribution in [0, 0.1) is 0 Å². The van der Waals surface area contributed by atoms with E-state index in [1.54, 1.807) is 36.4 Å². The molecule has 92 valence electrons. The molecule has 0 fully saturated rings. The fourth-order valence-corrected chi connectivity index (χ4v) is 1.74. The van der Waals surface area contributed by atoms with Gasteiger partial charge in [0.2, 0.25) is 0 Å². The third kappa shape index (κ3) is 2.00. The van der Waals surface area contributed by atoms with Crippen molar-refractivity contribution in [3.05, 3.63) is 53.6 Å². The van der Waals surface area contributed by atoms with Gasteiger partial charge in [-0.3, -0.25) is 4.79 Å². The molecule has 0 aliphatic heterocycles. The van der Waals surface area contributed by atoms with Crippen molar-refractivity contribution in [3.63, 3.8) is 0 Å². The summed E-state index contributed by atoms with van der Waals surface area (Å²) in [6.07, 6.45) is 0. The molecule has 0 aliphatic rings. The summed E-state index contributed by atoms with van der Waals surface area (Å²) >= 11 is 0. The van der Waals surface area contributed by atoms with Crippen molar-refractivity contribution >= 4 is 17.2 Å². The number of hydrogen-bond acceptors (Lipinski definition) is 4. The molecule has 0 amide bonds. The topological polar surface area (TPSA) is 78.3 Å². The minimum Gasteiger partial charge on any atom is -0.495 e. The number of carbonyl (C=O) groups is 1. The van der Waals surface area contributed by atoms with Crippen molar-refractivity contribution in [1.82, 2.24) is 0 Å². The number of anilines is 2. The van der Waals surface area contributed by atoms with E-state index in [4.69, 9.17) is 16.2 Å². The summed E-state index contributed by atoms with van der Waals surface area (Å²) in [5.74, 6) is 0.319. The molecule has 4 heteroatoms. The van der Waals surface area contributed by atoms with Crippen LogP contribution in [0.2, 0.25) is 0 Å². The monoisotopic (exact) mass is 242 g/mol. The number of methoxy groups -OCH3 is 1. The van der Waals surface area contributed by atoms with E-state index in [1.165, 1.54) is 7.11 Å². The van der Waals surface area contributed by atoms with E-state index in [9.17, 15) is 4.79 Å². The fraction of sp³-hybridized carbons (Fsp3) is 0.0714. The number of rotatable bonds is 3. The molecule has 2 aromatic rings. The van der Waals surface area contributed by atoms with E-state index in [2.05, 4.69) is 0 Å². The lowest BCUT2D eigenvalue weighted by atomic mass is 10.0. The van der Waals surface area contributed by atoms with Crippen molar-refractivity contribution in [3.8, 4) is 5.75 Å². The van der Waals surface area contributed by atoms with Gasteiger partial charge < -0.3 is 16.2 Å². The molecule has 4 nitrogen and oxygen atoms in total. The highest BCUT2D eigenvalue weighted by Gasteiger charge is 2.15. The number of ether oxygens (including phenoxy) is 1. The maximum absolute atomic E-state index is 12.2. The first kappa shape index (κ1) is 12.0. The SMILES string of the molecule is COc1ccc(C(=O)c2ccccc2)c(N)c1N. The lowest BCUT2D eigenvalue weighted by Crippen LogP contribution is -2.08. The van der Waals surface area contributed by atoms with Crippen LogP contribution in [0.25, 0.3) is 0 Å². The van der Waals surface area contributed by atoms with Crippen LogP contribution in [-0.2, 0) is 0 Å². The van der Waals surface area contributed by atoms with Gasteiger partial charge in [-0.2, -0.15) is 0 Å². The average molecular weight is 242 g/mol. The van der Waals surface area contributed by atoms with Crippen molar-refractivity contribution in [2.75, 3.05) is 18.6 Å². The third-order valence-electron chi connectivity index (χ3n) is 2.75. The Labute approximate surface area is 105 Å². The van der Waals surface area contributed by atoms with Gasteiger partial charge in [0.05, 0.1) is 18.5 Å². The van der Waals surface area contributed by atoms with E-state index in [0.717, 1.165) is 0 Å².